The van der Waals surface area contributed by atoms with Gasteiger partial charge in [-0.3, -0.25) is 0 Å². The number of ether oxygens (including phenoxy) is 1. The van der Waals surface area contributed by atoms with Crippen LogP contribution in [0, 0.1) is 0 Å². The van der Waals surface area contributed by atoms with Crippen molar-refractivity contribution in [2.75, 3.05) is 12.3 Å². The summed E-state index contributed by atoms with van der Waals surface area (Å²) >= 11 is 0. The third-order valence-corrected chi connectivity index (χ3v) is 2.54. The van der Waals surface area contributed by atoms with E-state index in [0.717, 1.165) is 22.9 Å². The highest BCUT2D eigenvalue weighted by Gasteiger charge is 2.07. The lowest BCUT2D eigenvalue weighted by atomic mass is 10.1. The quantitative estimate of drug-likeness (QED) is 0.650. The van der Waals surface area contributed by atoms with Crippen molar-refractivity contribution in [2.24, 2.45) is 0 Å². The monoisotopic (exact) mass is 229 g/mol. The number of benzene rings is 2. The van der Waals surface area contributed by atoms with Gasteiger partial charge in [0.1, 0.15) is 0 Å². The van der Waals surface area contributed by atoms with Gasteiger partial charge in [-0.25, -0.2) is 4.79 Å². The molecule has 2 N–H and O–H groups in total. The van der Waals surface area contributed by atoms with Gasteiger partial charge in [0.15, 0.2) is 0 Å². The Morgan fingerprint density at radius 2 is 1.88 bits per heavy atom. The summed E-state index contributed by atoms with van der Waals surface area (Å²) in [4.78, 5) is 11.7. The van der Waals surface area contributed by atoms with Crippen LogP contribution in [0.5, 0.6) is 0 Å². The van der Waals surface area contributed by atoms with E-state index in [0.29, 0.717) is 12.2 Å². The molecule has 0 aromatic heterocycles. The number of hydrogen-bond donors (Lipinski definition) is 1. The molecule has 0 aliphatic carbocycles. The fourth-order valence-electron chi connectivity index (χ4n) is 1.67. The third kappa shape index (κ3) is 2.56. The molecule has 2 aromatic carbocycles. The maximum atomic E-state index is 11.7. The molecular weight excluding hydrogens is 214 g/mol. The second-order valence-corrected chi connectivity index (χ2v) is 3.96. The number of carbonyl (C=O) groups is 1. The van der Waals surface area contributed by atoms with Gasteiger partial charge in [0.25, 0.3) is 0 Å². The molecule has 88 valence electrons. The number of hydrogen-bond acceptors (Lipinski definition) is 3. The van der Waals surface area contributed by atoms with Crippen LogP contribution in [-0.4, -0.2) is 12.6 Å². The Kier molecular flexibility index (Phi) is 3.28. The molecule has 0 aliphatic heterocycles. The van der Waals surface area contributed by atoms with Gasteiger partial charge < -0.3 is 10.5 Å². The highest BCUT2D eigenvalue weighted by atomic mass is 16.5. The summed E-state index contributed by atoms with van der Waals surface area (Å²) in [5.74, 6) is -0.273. The van der Waals surface area contributed by atoms with E-state index in [4.69, 9.17) is 10.5 Å². The second kappa shape index (κ2) is 4.87. The van der Waals surface area contributed by atoms with Crippen molar-refractivity contribution < 1.29 is 9.53 Å². The first-order chi connectivity index (χ1) is 8.20. The summed E-state index contributed by atoms with van der Waals surface area (Å²) < 4.78 is 5.09. The highest BCUT2D eigenvalue weighted by molar-refractivity contribution is 5.96. The molecule has 0 saturated heterocycles. The maximum absolute atomic E-state index is 11.7. The second-order valence-electron chi connectivity index (χ2n) is 3.96. The molecule has 17 heavy (non-hydrogen) atoms. The van der Waals surface area contributed by atoms with Crippen LogP contribution in [0.15, 0.2) is 36.4 Å². The zero-order chi connectivity index (χ0) is 12.3. The van der Waals surface area contributed by atoms with Crippen LogP contribution < -0.4 is 5.73 Å². The number of nitrogens with two attached hydrogens (primary N) is 1. The van der Waals surface area contributed by atoms with Gasteiger partial charge in [-0.2, -0.15) is 0 Å². The lowest BCUT2D eigenvalue weighted by Crippen LogP contribution is -2.05. The molecule has 2 rings (SSSR count). The first kappa shape index (κ1) is 11.5. The molecular formula is C14H15NO2. The Morgan fingerprint density at radius 3 is 2.65 bits per heavy atom. The van der Waals surface area contributed by atoms with Crippen LogP contribution in [0.3, 0.4) is 0 Å². The van der Waals surface area contributed by atoms with Gasteiger partial charge >= 0.3 is 5.97 Å². The normalized spacial score (nSPS) is 10.4. The molecule has 3 heteroatoms. The van der Waals surface area contributed by atoms with Gasteiger partial charge in [0, 0.05) is 5.69 Å². The van der Waals surface area contributed by atoms with Crippen molar-refractivity contribution in [1.82, 2.24) is 0 Å². The third-order valence-electron chi connectivity index (χ3n) is 2.54. The number of rotatable bonds is 3. The van der Waals surface area contributed by atoms with Crippen molar-refractivity contribution in [3.05, 3.63) is 42.0 Å². The summed E-state index contributed by atoms with van der Waals surface area (Å²) in [5, 5.41) is 2.02. The summed E-state index contributed by atoms with van der Waals surface area (Å²) in [7, 11) is 0. The average Bonchev–Trinajstić information content (AvgIpc) is 2.35. The Hall–Kier alpha value is -2.03. The number of fused-ring (bicyclic) bond motifs is 1. The molecule has 0 saturated carbocycles. The maximum Gasteiger partial charge on any atom is 0.338 e. The standard InChI is InChI=1S/C14H15NO2/c1-2-7-17-14(16)12-4-3-11-9-13(15)6-5-10(11)8-12/h3-6,8-9H,2,7,15H2,1H3. The number of esters is 1. The van der Waals surface area contributed by atoms with Gasteiger partial charge in [0.05, 0.1) is 12.2 Å². The van der Waals surface area contributed by atoms with E-state index in [1.54, 1.807) is 6.07 Å². The van der Waals surface area contributed by atoms with E-state index in [9.17, 15) is 4.79 Å². The summed E-state index contributed by atoms with van der Waals surface area (Å²) in [6, 6.07) is 11.1. The Morgan fingerprint density at radius 1 is 1.18 bits per heavy atom. The molecule has 0 heterocycles. The first-order valence-electron chi connectivity index (χ1n) is 5.67. The summed E-state index contributed by atoms with van der Waals surface area (Å²) in [6.45, 7) is 2.43. The molecule has 0 radical (unpaired) electrons. The van der Waals surface area contributed by atoms with Gasteiger partial charge in [-0.15, -0.1) is 0 Å². The molecule has 0 unspecified atom stereocenters. The molecule has 0 bridgehead atoms. The van der Waals surface area contributed by atoms with E-state index < -0.39 is 0 Å². The van der Waals surface area contributed by atoms with Crippen LogP contribution in [-0.2, 0) is 4.74 Å². The molecule has 3 nitrogen and oxygen atoms in total. The molecule has 0 fully saturated rings. The van der Waals surface area contributed by atoms with Crippen molar-refractivity contribution >= 4 is 22.4 Å². The van der Waals surface area contributed by atoms with Gasteiger partial charge in [0.2, 0.25) is 0 Å². The Balaban J connectivity index is 2.31. The fourth-order valence-corrected chi connectivity index (χ4v) is 1.67. The minimum atomic E-state index is -0.273. The average molecular weight is 229 g/mol. The topological polar surface area (TPSA) is 52.3 Å². The lowest BCUT2D eigenvalue weighted by molar-refractivity contribution is 0.0505. The minimum absolute atomic E-state index is 0.273. The zero-order valence-corrected chi connectivity index (χ0v) is 9.77. The number of carbonyl (C=O) groups excluding carboxylic acids is 1. The van der Waals surface area contributed by atoms with E-state index in [1.807, 2.05) is 37.3 Å². The molecule has 2 aromatic rings. The van der Waals surface area contributed by atoms with Gasteiger partial charge in [-0.05, 0) is 41.5 Å². The van der Waals surface area contributed by atoms with Crippen LogP contribution in [0.4, 0.5) is 5.69 Å². The molecule has 0 amide bonds. The highest BCUT2D eigenvalue weighted by Crippen LogP contribution is 2.19. The van der Waals surface area contributed by atoms with Crippen LogP contribution in [0.2, 0.25) is 0 Å². The Bertz CT molecular complexity index is 549. The number of anilines is 1. The SMILES string of the molecule is CCCOC(=O)c1ccc2cc(N)ccc2c1. The molecule has 0 spiro atoms. The van der Waals surface area contributed by atoms with Gasteiger partial charge in [-0.1, -0.05) is 19.1 Å². The van der Waals surface area contributed by atoms with Crippen molar-refractivity contribution in [2.45, 2.75) is 13.3 Å². The molecule has 0 aliphatic rings. The van der Waals surface area contributed by atoms with E-state index in [1.165, 1.54) is 0 Å². The predicted octanol–water partition coefficient (Wildman–Crippen LogP) is 2.99. The predicted molar refractivity (Wildman–Crippen MR) is 68.9 cm³/mol. The lowest BCUT2D eigenvalue weighted by Gasteiger charge is -2.05. The van der Waals surface area contributed by atoms with E-state index in [-0.39, 0.29) is 5.97 Å². The van der Waals surface area contributed by atoms with Crippen molar-refractivity contribution in [1.29, 1.82) is 0 Å². The fraction of sp³-hybridized carbons (Fsp3) is 0.214. The largest absolute Gasteiger partial charge is 0.462 e. The van der Waals surface area contributed by atoms with Crippen LogP contribution >= 0.6 is 0 Å². The number of nitrogen functional groups attached to an aromatic ring is 1. The van der Waals surface area contributed by atoms with Crippen LogP contribution in [0.25, 0.3) is 10.8 Å². The van der Waals surface area contributed by atoms with E-state index >= 15 is 0 Å². The molecule has 0 atom stereocenters. The summed E-state index contributed by atoms with van der Waals surface area (Å²) in [6.07, 6.45) is 0.829. The van der Waals surface area contributed by atoms with Crippen LogP contribution in [0.1, 0.15) is 23.7 Å². The Labute approximate surface area is 100 Å². The zero-order valence-electron chi connectivity index (χ0n) is 9.77. The first-order valence-corrected chi connectivity index (χ1v) is 5.67. The van der Waals surface area contributed by atoms with Crippen molar-refractivity contribution in [3.63, 3.8) is 0 Å². The summed E-state index contributed by atoms with van der Waals surface area (Å²) in [5.41, 5.74) is 7.00. The smallest absolute Gasteiger partial charge is 0.338 e. The minimum Gasteiger partial charge on any atom is -0.462 e. The van der Waals surface area contributed by atoms with Crippen molar-refractivity contribution in [3.8, 4) is 0 Å². The van der Waals surface area contributed by atoms with E-state index in [2.05, 4.69) is 0 Å².